The van der Waals surface area contributed by atoms with Crippen LogP contribution in [0.25, 0.3) is 22.3 Å². The summed E-state index contributed by atoms with van der Waals surface area (Å²) in [6, 6.07) is 15.0. The molecule has 3 aromatic carbocycles. The summed E-state index contributed by atoms with van der Waals surface area (Å²) in [5.74, 6) is -0.256. The molecule has 0 aliphatic heterocycles. The van der Waals surface area contributed by atoms with Gasteiger partial charge in [0.2, 0.25) is 0 Å². The third-order valence-corrected chi connectivity index (χ3v) is 7.16. The fourth-order valence-corrected chi connectivity index (χ4v) is 4.87. The predicted octanol–water partition coefficient (Wildman–Crippen LogP) is 5.49. The number of hydrogen-bond acceptors (Lipinski definition) is 8. The molecule has 9 nitrogen and oxygen atoms in total. The molecule has 42 heavy (non-hydrogen) atoms. The van der Waals surface area contributed by atoms with E-state index in [2.05, 4.69) is 10.6 Å². The Morgan fingerprint density at radius 2 is 1.79 bits per heavy atom. The third kappa shape index (κ3) is 6.56. The molecule has 1 heterocycles. The molecule has 10 heteroatoms. The standard InChI is InChI=1S/C32H34FN3O6/c1-35-31(37)29-25-16-24(20-4-5-20)27(17-28(25)42-30(29)21-6-8-22(33)9-7-21)36-11-12-40-13-14-41-18-19-3-10-23(26(34)15-19)32(38)39-2/h3,6-10,15-17,20,36H,4-5,11-14,18,34H2,1-2H3,(H,35,37). The van der Waals surface area contributed by atoms with Gasteiger partial charge in [0.1, 0.15) is 17.2 Å². The number of furan rings is 1. The molecule has 1 amide bonds. The van der Waals surface area contributed by atoms with E-state index in [4.69, 9.17) is 24.4 Å². The SMILES string of the molecule is CNC(=O)c1c(-c2ccc(F)cc2)oc2cc(NCCOCCOCc3ccc(C(=O)OC)c(N)c3)c(C3CC3)cc12. The van der Waals surface area contributed by atoms with E-state index in [1.54, 1.807) is 37.4 Å². The number of amides is 1. The number of carbonyl (C=O) groups is 2. The number of fused-ring (bicyclic) bond motifs is 1. The molecule has 0 spiro atoms. The average Bonchev–Trinajstić information content (AvgIpc) is 3.78. The van der Waals surface area contributed by atoms with Crippen LogP contribution in [0.3, 0.4) is 0 Å². The van der Waals surface area contributed by atoms with Crippen molar-refractivity contribution in [3.8, 4) is 11.3 Å². The zero-order valence-corrected chi connectivity index (χ0v) is 23.6. The number of benzene rings is 3. The van der Waals surface area contributed by atoms with Crippen molar-refractivity contribution in [2.24, 2.45) is 0 Å². The van der Waals surface area contributed by atoms with E-state index in [1.165, 1.54) is 19.2 Å². The van der Waals surface area contributed by atoms with Crippen LogP contribution in [0, 0.1) is 5.82 Å². The lowest BCUT2D eigenvalue weighted by atomic mass is 10.0. The second-order valence-electron chi connectivity index (χ2n) is 10.1. The van der Waals surface area contributed by atoms with Crippen LogP contribution in [0.4, 0.5) is 15.8 Å². The maximum absolute atomic E-state index is 13.5. The molecule has 1 aromatic heterocycles. The highest BCUT2D eigenvalue weighted by atomic mass is 19.1. The number of ether oxygens (including phenoxy) is 3. The topological polar surface area (TPSA) is 125 Å². The summed E-state index contributed by atoms with van der Waals surface area (Å²) in [4.78, 5) is 24.5. The highest BCUT2D eigenvalue weighted by molar-refractivity contribution is 6.11. The van der Waals surface area contributed by atoms with Gasteiger partial charge in [0, 0.05) is 42.0 Å². The molecule has 1 aliphatic rings. The largest absolute Gasteiger partial charge is 0.465 e. The zero-order valence-electron chi connectivity index (χ0n) is 23.6. The van der Waals surface area contributed by atoms with E-state index in [1.807, 2.05) is 12.1 Å². The van der Waals surface area contributed by atoms with E-state index < -0.39 is 5.97 Å². The molecule has 1 aliphatic carbocycles. The van der Waals surface area contributed by atoms with Crippen LogP contribution in [0.2, 0.25) is 0 Å². The Morgan fingerprint density at radius 3 is 2.48 bits per heavy atom. The maximum atomic E-state index is 13.5. The quantitative estimate of drug-likeness (QED) is 0.109. The van der Waals surface area contributed by atoms with Crippen LogP contribution in [0.5, 0.6) is 0 Å². The molecule has 4 N–H and O–H groups in total. The van der Waals surface area contributed by atoms with E-state index in [-0.39, 0.29) is 11.7 Å². The fourth-order valence-electron chi connectivity index (χ4n) is 4.87. The summed E-state index contributed by atoms with van der Waals surface area (Å²) in [5, 5.41) is 6.90. The van der Waals surface area contributed by atoms with Crippen LogP contribution < -0.4 is 16.4 Å². The number of methoxy groups -OCH3 is 1. The minimum Gasteiger partial charge on any atom is -0.465 e. The molecular formula is C32H34FN3O6. The lowest BCUT2D eigenvalue weighted by Gasteiger charge is -2.13. The van der Waals surface area contributed by atoms with Crippen molar-refractivity contribution in [3.05, 3.63) is 82.7 Å². The van der Waals surface area contributed by atoms with Crippen molar-refractivity contribution >= 4 is 34.2 Å². The van der Waals surface area contributed by atoms with Gasteiger partial charge in [0.05, 0.1) is 44.7 Å². The number of esters is 1. The summed E-state index contributed by atoms with van der Waals surface area (Å²) < 4.78 is 35.9. The molecule has 0 unspecified atom stereocenters. The molecule has 0 radical (unpaired) electrons. The van der Waals surface area contributed by atoms with Gasteiger partial charge in [-0.25, -0.2) is 9.18 Å². The molecule has 0 saturated heterocycles. The second kappa shape index (κ2) is 13.1. The summed E-state index contributed by atoms with van der Waals surface area (Å²) in [7, 11) is 2.90. The van der Waals surface area contributed by atoms with Crippen molar-refractivity contribution in [2.75, 3.05) is 51.6 Å². The molecule has 1 saturated carbocycles. The summed E-state index contributed by atoms with van der Waals surface area (Å²) in [6.45, 7) is 2.21. The van der Waals surface area contributed by atoms with E-state index in [9.17, 15) is 14.0 Å². The van der Waals surface area contributed by atoms with Gasteiger partial charge >= 0.3 is 5.97 Å². The maximum Gasteiger partial charge on any atom is 0.339 e. The Morgan fingerprint density at radius 1 is 1.02 bits per heavy atom. The van der Waals surface area contributed by atoms with Crippen molar-refractivity contribution in [2.45, 2.75) is 25.4 Å². The fraction of sp³-hybridized carbons (Fsp3) is 0.312. The number of nitrogens with one attached hydrogen (secondary N) is 2. The Hall–Kier alpha value is -4.41. The Kier molecular flexibility index (Phi) is 9.04. The molecule has 0 bridgehead atoms. The number of nitrogens with two attached hydrogens (primary N) is 1. The smallest absolute Gasteiger partial charge is 0.339 e. The minimum absolute atomic E-state index is 0.257. The number of halogens is 1. The molecule has 0 atom stereocenters. The molecule has 4 aromatic rings. The van der Waals surface area contributed by atoms with Gasteiger partial charge in [-0.3, -0.25) is 4.79 Å². The first-order chi connectivity index (χ1) is 20.4. The highest BCUT2D eigenvalue weighted by Crippen LogP contribution is 2.46. The first kappa shape index (κ1) is 29.1. The molecular weight excluding hydrogens is 541 g/mol. The average molecular weight is 576 g/mol. The minimum atomic E-state index is -0.473. The van der Waals surface area contributed by atoms with E-state index >= 15 is 0 Å². The highest BCUT2D eigenvalue weighted by Gasteiger charge is 2.29. The van der Waals surface area contributed by atoms with E-state index in [0.717, 1.165) is 35.0 Å². The number of hydrogen-bond donors (Lipinski definition) is 3. The first-order valence-electron chi connectivity index (χ1n) is 13.8. The van der Waals surface area contributed by atoms with Crippen LogP contribution in [0.15, 0.2) is 59.0 Å². The van der Waals surface area contributed by atoms with Gasteiger partial charge in [0.25, 0.3) is 5.91 Å². The van der Waals surface area contributed by atoms with Gasteiger partial charge in [-0.05, 0) is 72.4 Å². The third-order valence-electron chi connectivity index (χ3n) is 7.16. The van der Waals surface area contributed by atoms with Gasteiger partial charge in [-0.15, -0.1) is 0 Å². The zero-order chi connectivity index (χ0) is 29.6. The molecule has 1 fully saturated rings. The van der Waals surface area contributed by atoms with Gasteiger partial charge in [-0.1, -0.05) is 6.07 Å². The van der Waals surface area contributed by atoms with Crippen LogP contribution in [-0.2, 0) is 20.8 Å². The van der Waals surface area contributed by atoms with Crippen LogP contribution in [-0.4, -0.2) is 52.4 Å². The monoisotopic (exact) mass is 575 g/mol. The van der Waals surface area contributed by atoms with Crippen molar-refractivity contribution < 1.29 is 32.6 Å². The number of anilines is 2. The number of rotatable bonds is 13. The molecule has 5 rings (SSSR count). The first-order valence-corrected chi connectivity index (χ1v) is 13.8. The van der Waals surface area contributed by atoms with Crippen molar-refractivity contribution in [1.82, 2.24) is 5.32 Å². The van der Waals surface area contributed by atoms with Crippen LogP contribution in [0.1, 0.15) is 50.6 Å². The lowest BCUT2D eigenvalue weighted by molar-refractivity contribution is 0.0441. The summed E-state index contributed by atoms with van der Waals surface area (Å²) in [5.41, 5.74) is 11.2. The van der Waals surface area contributed by atoms with Crippen molar-refractivity contribution in [1.29, 1.82) is 0 Å². The summed E-state index contributed by atoms with van der Waals surface area (Å²) in [6.07, 6.45) is 2.17. The van der Waals surface area contributed by atoms with Gasteiger partial charge < -0.3 is 35.0 Å². The Bertz CT molecular complexity index is 1580. The summed E-state index contributed by atoms with van der Waals surface area (Å²) >= 11 is 0. The van der Waals surface area contributed by atoms with Gasteiger partial charge in [0.15, 0.2) is 0 Å². The van der Waals surface area contributed by atoms with Crippen molar-refractivity contribution in [3.63, 3.8) is 0 Å². The Labute approximate surface area is 243 Å². The Balaban J connectivity index is 1.18. The second-order valence-corrected chi connectivity index (χ2v) is 10.1. The normalized spacial score (nSPS) is 12.8. The lowest BCUT2D eigenvalue weighted by Crippen LogP contribution is -2.18. The van der Waals surface area contributed by atoms with Gasteiger partial charge in [-0.2, -0.15) is 0 Å². The molecule has 220 valence electrons. The number of nitrogen functional groups attached to an aromatic ring is 1. The van der Waals surface area contributed by atoms with E-state index in [0.29, 0.717) is 72.6 Å². The predicted molar refractivity (Wildman–Crippen MR) is 158 cm³/mol. The number of carbonyl (C=O) groups excluding carboxylic acids is 2. The van der Waals surface area contributed by atoms with Crippen LogP contribution >= 0.6 is 0 Å².